The van der Waals surface area contributed by atoms with E-state index in [1.807, 2.05) is 13.0 Å². The number of nitrogens with one attached hydrogen (secondary N) is 2. The molecule has 0 aliphatic carbocycles. The quantitative estimate of drug-likeness (QED) is 0.591. The van der Waals surface area contributed by atoms with E-state index in [0.717, 1.165) is 5.56 Å². The maximum absolute atomic E-state index is 12.8. The summed E-state index contributed by atoms with van der Waals surface area (Å²) >= 11 is 12.0. The number of nitrogens with two attached hydrogens (primary N) is 1. The molecule has 0 bridgehead atoms. The molecule has 1 amide bonds. The first kappa shape index (κ1) is 21.5. The van der Waals surface area contributed by atoms with Crippen molar-refractivity contribution in [2.24, 2.45) is 10.7 Å². The zero-order valence-electron chi connectivity index (χ0n) is 15.5. The van der Waals surface area contributed by atoms with Crippen LogP contribution in [0.15, 0.2) is 71.4 Å². The predicted octanol–water partition coefficient (Wildman–Crippen LogP) is 4.09. The second kappa shape index (κ2) is 10.5. The average molecular weight is 418 g/mol. The molecule has 0 radical (unpaired) electrons. The predicted molar refractivity (Wildman–Crippen MR) is 114 cm³/mol. The molecule has 1 aromatic carbocycles. The normalized spacial score (nSPS) is 12.6. The summed E-state index contributed by atoms with van der Waals surface area (Å²) in [5.41, 5.74) is 7.89. The highest BCUT2D eigenvalue weighted by molar-refractivity contribution is 6.45. The molecule has 4 N–H and O–H groups in total. The summed E-state index contributed by atoms with van der Waals surface area (Å²) < 4.78 is 0. The first-order valence-corrected chi connectivity index (χ1v) is 9.23. The van der Waals surface area contributed by atoms with Crippen LogP contribution in [-0.2, 0) is 11.3 Å². The van der Waals surface area contributed by atoms with Gasteiger partial charge in [-0.1, -0.05) is 29.3 Å². The zero-order chi connectivity index (χ0) is 20.5. The molecule has 0 atom stereocenters. The molecule has 28 heavy (non-hydrogen) atoms. The van der Waals surface area contributed by atoms with Gasteiger partial charge in [-0.15, -0.1) is 0 Å². The third kappa shape index (κ3) is 6.11. The number of amides is 1. The molecule has 0 aliphatic rings. The molecule has 6 nitrogen and oxygen atoms in total. The van der Waals surface area contributed by atoms with Gasteiger partial charge in [0.15, 0.2) is 0 Å². The van der Waals surface area contributed by atoms with Crippen molar-refractivity contribution in [1.29, 1.82) is 0 Å². The summed E-state index contributed by atoms with van der Waals surface area (Å²) in [5, 5.41) is 6.92. The van der Waals surface area contributed by atoms with E-state index in [0.29, 0.717) is 33.7 Å². The van der Waals surface area contributed by atoms with Gasteiger partial charge in [0.25, 0.3) is 5.91 Å². The fraction of sp³-hybridized carbons (Fsp3) is 0.150. The minimum atomic E-state index is -0.384. The second-order valence-electron chi connectivity index (χ2n) is 5.77. The van der Waals surface area contributed by atoms with E-state index in [1.54, 1.807) is 49.7 Å². The molecule has 2 aromatic rings. The van der Waals surface area contributed by atoms with Gasteiger partial charge in [0.05, 0.1) is 15.7 Å². The molecule has 8 heteroatoms. The van der Waals surface area contributed by atoms with E-state index in [9.17, 15) is 4.79 Å². The summed E-state index contributed by atoms with van der Waals surface area (Å²) in [6.07, 6.45) is 6.30. The monoisotopic (exact) mass is 417 g/mol. The van der Waals surface area contributed by atoms with Crippen molar-refractivity contribution in [3.63, 3.8) is 0 Å². The first-order chi connectivity index (χ1) is 13.4. The Morgan fingerprint density at radius 1 is 1.21 bits per heavy atom. The number of hydrogen-bond donors (Lipinski definition) is 3. The van der Waals surface area contributed by atoms with Crippen LogP contribution in [0.3, 0.4) is 0 Å². The van der Waals surface area contributed by atoms with E-state index < -0.39 is 0 Å². The number of benzene rings is 1. The third-order valence-corrected chi connectivity index (χ3v) is 4.49. The number of hydrogen-bond acceptors (Lipinski definition) is 5. The van der Waals surface area contributed by atoms with Gasteiger partial charge in [-0.3, -0.25) is 9.78 Å². The minimum Gasteiger partial charge on any atom is -0.404 e. The van der Waals surface area contributed by atoms with Crippen LogP contribution in [0, 0.1) is 0 Å². The van der Waals surface area contributed by atoms with Gasteiger partial charge in [-0.25, -0.2) is 4.99 Å². The molecule has 0 saturated heterocycles. The second-order valence-corrected chi connectivity index (χ2v) is 6.59. The van der Waals surface area contributed by atoms with Crippen LogP contribution in [0.5, 0.6) is 0 Å². The molecule has 0 aliphatic heterocycles. The van der Waals surface area contributed by atoms with Gasteiger partial charge in [-0.05, 0) is 61.5 Å². The highest BCUT2D eigenvalue weighted by Gasteiger charge is 2.15. The molecule has 0 saturated carbocycles. The lowest BCUT2D eigenvalue weighted by atomic mass is 10.1. The number of allylic oxidation sites excluding steroid dienone is 1. The lowest BCUT2D eigenvalue weighted by molar-refractivity contribution is -0.114. The van der Waals surface area contributed by atoms with Crippen LogP contribution >= 0.6 is 23.2 Å². The summed E-state index contributed by atoms with van der Waals surface area (Å²) in [4.78, 5) is 21.1. The van der Waals surface area contributed by atoms with Gasteiger partial charge in [-0.2, -0.15) is 0 Å². The van der Waals surface area contributed by atoms with Crippen LogP contribution in [0.25, 0.3) is 0 Å². The lowest BCUT2D eigenvalue weighted by Gasteiger charge is -2.14. The molecular weight excluding hydrogens is 397 g/mol. The zero-order valence-corrected chi connectivity index (χ0v) is 17.1. The number of rotatable bonds is 7. The standard InChI is InChI=1S/C20H21Cl2N5O/c1-3-18(25-12-14-4-5-16(21)17(22)10-14)27-20(28)19(13(2)11-23)26-15-6-8-24-9-7-15/h3-11,25H,12,23H2,1-2H3,(H,27,28)/b13-11?,18-3+,26-19?. The SMILES string of the molecule is C/C=C(\NCc1ccc(Cl)c(Cl)c1)NC(=O)C(=Nc1ccncc1)C(C)=CN. The number of aliphatic imine (C=N–C) groups is 1. The maximum atomic E-state index is 12.8. The topological polar surface area (TPSA) is 92.4 Å². The molecule has 1 aromatic heterocycles. The van der Waals surface area contributed by atoms with E-state index in [4.69, 9.17) is 28.9 Å². The highest BCUT2D eigenvalue weighted by atomic mass is 35.5. The third-order valence-electron chi connectivity index (χ3n) is 3.75. The number of aromatic nitrogens is 1. The van der Waals surface area contributed by atoms with E-state index in [-0.39, 0.29) is 11.6 Å². The van der Waals surface area contributed by atoms with Crippen molar-refractivity contribution in [2.75, 3.05) is 0 Å². The Balaban J connectivity index is 2.11. The molecule has 0 unspecified atom stereocenters. The number of carbonyl (C=O) groups excluding carboxylic acids is 1. The fourth-order valence-electron chi connectivity index (χ4n) is 2.19. The number of nitrogens with zero attached hydrogens (tertiary/aromatic N) is 2. The lowest BCUT2D eigenvalue weighted by Crippen LogP contribution is -2.36. The Morgan fingerprint density at radius 3 is 2.54 bits per heavy atom. The summed E-state index contributed by atoms with van der Waals surface area (Å²) in [6, 6.07) is 8.76. The summed E-state index contributed by atoms with van der Waals surface area (Å²) in [6.45, 7) is 3.99. The fourth-order valence-corrected chi connectivity index (χ4v) is 2.51. The van der Waals surface area contributed by atoms with Crippen LogP contribution in [0.2, 0.25) is 10.0 Å². The van der Waals surface area contributed by atoms with Gasteiger partial charge in [0.2, 0.25) is 0 Å². The smallest absolute Gasteiger partial charge is 0.275 e. The Kier molecular flexibility index (Phi) is 8.04. The minimum absolute atomic E-state index is 0.212. The van der Waals surface area contributed by atoms with Gasteiger partial charge in [0, 0.05) is 18.9 Å². The molecule has 0 fully saturated rings. The first-order valence-electron chi connectivity index (χ1n) is 8.47. The molecular formula is C20H21Cl2N5O. The van der Waals surface area contributed by atoms with E-state index in [2.05, 4.69) is 20.6 Å². The number of pyridine rings is 1. The van der Waals surface area contributed by atoms with Crippen molar-refractivity contribution in [1.82, 2.24) is 15.6 Å². The van der Waals surface area contributed by atoms with Crippen molar-refractivity contribution in [2.45, 2.75) is 20.4 Å². The Bertz CT molecular complexity index is 923. The Hall–Kier alpha value is -2.83. The highest BCUT2D eigenvalue weighted by Crippen LogP contribution is 2.22. The molecule has 2 rings (SSSR count). The average Bonchev–Trinajstić information content (AvgIpc) is 2.71. The van der Waals surface area contributed by atoms with Crippen LogP contribution in [-0.4, -0.2) is 16.6 Å². The number of carbonyl (C=O) groups is 1. The van der Waals surface area contributed by atoms with Crippen LogP contribution < -0.4 is 16.4 Å². The number of halogens is 2. The van der Waals surface area contributed by atoms with Gasteiger partial charge in [0.1, 0.15) is 11.5 Å². The van der Waals surface area contributed by atoms with Gasteiger partial charge >= 0.3 is 0 Å². The van der Waals surface area contributed by atoms with Crippen molar-refractivity contribution in [3.8, 4) is 0 Å². The van der Waals surface area contributed by atoms with Crippen LogP contribution in [0.4, 0.5) is 5.69 Å². The summed E-state index contributed by atoms with van der Waals surface area (Å²) in [5.74, 6) is 0.147. The molecule has 0 spiro atoms. The van der Waals surface area contributed by atoms with Crippen molar-refractivity contribution < 1.29 is 4.79 Å². The molecule has 1 heterocycles. The van der Waals surface area contributed by atoms with Gasteiger partial charge < -0.3 is 16.4 Å². The van der Waals surface area contributed by atoms with Crippen molar-refractivity contribution in [3.05, 3.63) is 82.0 Å². The van der Waals surface area contributed by atoms with Crippen LogP contribution in [0.1, 0.15) is 19.4 Å². The van der Waals surface area contributed by atoms with E-state index in [1.165, 1.54) is 6.20 Å². The van der Waals surface area contributed by atoms with E-state index >= 15 is 0 Å². The Labute approximate surface area is 174 Å². The Morgan fingerprint density at radius 2 is 1.93 bits per heavy atom. The molecule has 146 valence electrons. The summed E-state index contributed by atoms with van der Waals surface area (Å²) in [7, 11) is 0. The largest absolute Gasteiger partial charge is 0.404 e. The maximum Gasteiger partial charge on any atom is 0.275 e. The van der Waals surface area contributed by atoms with Crippen molar-refractivity contribution >= 4 is 40.5 Å².